The van der Waals surface area contributed by atoms with E-state index in [2.05, 4.69) is 25.3 Å². The quantitative estimate of drug-likeness (QED) is 0.713. The minimum Gasteiger partial charge on any atom is -0.381 e. The fourth-order valence-electron chi connectivity index (χ4n) is 2.24. The SMILES string of the molecule is c1cc(-n2cnnc2)ncc1-c1nc([C@H]2CCOC2)no1. The van der Waals surface area contributed by atoms with Gasteiger partial charge in [0.15, 0.2) is 5.82 Å². The van der Waals surface area contributed by atoms with Gasteiger partial charge in [-0.1, -0.05) is 5.16 Å². The molecule has 8 nitrogen and oxygen atoms in total. The van der Waals surface area contributed by atoms with E-state index in [0.29, 0.717) is 18.3 Å². The van der Waals surface area contributed by atoms with Gasteiger partial charge in [-0.25, -0.2) is 4.98 Å². The normalized spacial score (nSPS) is 18.2. The van der Waals surface area contributed by atoms with Gasteiger partial charge in [-0.3, -0.25) is 4.57 Å². The maximum Gasteiger partial charge on any atom is 0.259 e. The lowest BCUT2D eigenvalue weighted by Crippen LogP contribution is -1.99. The largest absolute Gasteiger partial charge is 0.381 e. The highest BCUT2D eigenvalue weighted by atomic mass is 16.5. The molecule has 0 bridgehead atoms. The minimum atomic E-state index is 0.228. The molecule has 3 aromatic heterocycles. The molecular weight excluding hydrogens is 272 g/mol. The Labute approximate surface area is 119 Å². The third-order valence-corrected chi connectivity index (χ3v) is 3.41. The summed E-state index contributed by atoms with van der Waals surface area (Å²) in [6, 6.07) is 3.73. The van der Waals surface area contributed by atoms with Crippen LogP contribution in [-0.2, 0) is 4.74 Å². The van der Waals surface area contributed by atoms with Crippen molar-refractivity contribution in [2.24, 2.45) is 0 Å². The first-order valence-electron chi connectivity index (χ1n) is 6.63. The standard InChI is InChI=1S/C13H12N6O2/c1-2-11(19-7-15-16-8-19)14-5-9(1)13-17-12(18-21-13)10-3-4-20-6-10/h1-2,5,7-8,10H,3-4,6H2/t10-/m0/s1. The Balaban J connectivity index is 1.58. The molecule has 0 unspecified atom stereocenters. The highest BCUT2D eigenvalue weighted by molar-refractivity contribution is 5.52. The van der Waals surface area contributed by atoms with Crippen molar-refractivity contribution >= 4 is 0 Å². The molecule has 0 spiro atoms. The summed E-state index contributed by atoms with van der Waals surface area (Å²) in [6.45, 7) is 1.41. The maximum atomic E-state index is 5.33. The van der Waals surface area contributed by atoms with Crippen LogP contribution in [0.15, 0.2) is 35.5 Å². The fraction of sp³-hybridized carbons (Fsp3) is 0.308. The first kappa shape index (κ1) is 12.2. The third-order valence-electron chi connectivity index (χ3n) is 3.41. The topological polar surface area (TPSA) is 91.8 Å². The summed E-state index contributed by atoms with van der Waals surface area (Å²) in [5, 5.41) is 11.5. The molecule has 4 rings (SSSR count). The molecule has 3 aromatic rings. The molecule has 1 aliphatic heterocycles. The van der Waals surface area contributed by atoms with Crippen molar-refractivity contribution < 1.29 is 9.26 Å². The summed E-state index contributed by atoms with van der Waals surface area (Å²) in [7, 11) is 0. The molecular formula is C13H12N6O2. The molecule has 8 heteroatoms. The van der Waals surface area contributed by atoms with Gasteiger partial charge in [0, 0.05) is 18.7 Å². The van der Waals surface area contributed by atoms with Crippen LogP contribution >= 0.6 is 0 Å². The van der Waals surface area contributed by atoms with Crippen LogP contribution in [0.25, 0.3) is 17.3 Å². The van der Waals surface area contributed by atoms with E-state index in [1.807, 2.05) is 12.1 Å². The number of nitrogens with zero attached hydrogens (tertiary/aromatic N) is 6. The van der Waals surface area contributed by atoms with Gasteiger partial charge in [-0.05, 0) is 18.6 Å². The molecule has 0 N–H and O–H groups in total. The summed E-state index contributed by atoms with van der Waals surface area (Å²) in [5.41, 5.74) is 0.782. The van der Waals surface area contributed by atoms with E-state index in [4.69, 9.17) is 9.26 Å². The molecule has 0 amide bonds. The molecule has 21 heavy (non-hydrogen) atoms. The summed E-state index contributed by atoms with van der Waals surface area (Å²) >= 11 is 0. The van der Waals surface area contributed by atoms with Gasteiger partial charge in [0.25, 0.3) is 5.89 Å². The molecule has 1 saturated heterocycles. The predicted molar refractivity (Wildman–Crippen MR) is 70.6 cm³/mol. The third kappa shape index (κ3) is 2.29. The molecule has 1 fully saturated rings. The van der Waals surface area contributed by atoms with Crippen molar-refractivity contribution in [3.63, 3.8) is 0 Å². The second-order valence-corrected chi connectivity index (χ2v) is 4.79. The number of pyridine rings is 1. The minimum absolute atomic E-state index is 0.228. The van der Waals surface area contributed by atoms with Crippen molar-refractivity contribution in [3.8, 4) is 17.3 Å². The van der Waals surface area contributed by atoms with Gasteiger partial charge >= 0.3 is 0 Å². The Bertz CT molecular complexity index is 715. The first-order chi connectivity index (χ1) is 10.4. The van der Waals surface area contributed by atoms with Gasteiger partial charge in [0.2, 0.25) is 0 Å². The lowest BCUT2D eigenvalue weighted by molar-refractivity contribution is 0.192. The van der Waals surface area contributed by atoms with Crippen LogP contribution < -0.4 is 0 Å². The number of rotatable bonds is 3. The Morgan fingerprint density at radius 3 is 2.81 bits per heavy atom. The Hall–Kier alpha value is -2.61. The Morgan fingerprint density at radius 1 is 1.19 bits per heavy atom. The predicted octanol–water partition coefficient (Wildman–Crippen LogP) is 1.22. The van der Waals surface area contributed by atoms with Crippen LogP contribution in [0.1, 0.15) is 18.2 Å². The lowest BCUT2D eigenvalue weighted by Gasteiger charge is -2.00. The highest BCUT2D eigenvalue weighted by Gasteiger charge is 2.23. The molecule has 0 aliphatic carbocycles. The molecule has 4 heterocycles. The van der Waals surface area contributed by atoms with Crippen molar-refractivity contribution in [3.05, 3.63) is 36.8 Å². The zero-order valence-corrected chi connectivity index (χ0v) is 11.1. The van der Waals surface area contributed by atoms with E-state index in [1.54, 1.807) is 23.4 Å². The number of hydrogen-bond acceptors (Lipinski definition) is 7. The van der Waals surface area contributed by atoms with Gasteiger partial charge in [-0.2, -0.15) is 4.98 Å². The molecule has 0 radical (unpaired) electrons. The van der Waals surface area contributed by atoms with Crippen LogP contribution in [0.5, 0.6) is 0 Å². The highest BCUT2D eigenvalue weighted by Crippen LogP contribution is 2.25. The Kier molecular flexibility index (Phi) is 2.93. The Morgan fingerprint density at radius 2 is 2.10 bits per heavy atom. The van der Waals surface area contributed by atoms with Gasteiger partial charge in [0.05, 0.1) is 12.2 Å². The average Bonchev–Trinajstić information content (AvgIpc) is 3.27. The zero-order chi connectivity index (χ0) is 14.1. The van der Waals surface area contributed by atoms with E-state index < -0.39 is 0 Å². The monoisotopic (exact) mass is 284 g/mol. The van der Waals surface area contributed by atoms with Gasteiger partial charge in [0.1, 0.15) is 18.5 Å². The molecule has 1 aliphatic rings. The lowest BCUT2D eigenvalue weighted by atomic mass is 10.1. The van der Waals surface area contributed by atoms with E-state index >= 15 is 0 Å². The van der Waals surface area contributed by atoms with Crippen LogP contribution in [-0.4, -0.2) is 43.1 Å². The fourth-order valence-corrected chi connectivity index (χ4v) is 2.24. The van der Waals surface area contributed by atoms with E-state index in [9.17, 15) is 0 Å². The van der Waals surface area contributed by atoms with E-state index in [1.165, 1.54) is 0 Å². The summed E-state index contributed by atoms with van der Waals surface area (Å²) in [6.07, 6.45) is 5.81. The van der Waals surface area contributed by atoms with Crippen molar-refractivity contribution in [1.29, 1.82) is 0 Å². The number of hydrogen-bond donors (Lipinski definition) is 0. The maximum absolute atomic E-state index is 5.33. The van der Waals surface area contributed by atoms with E-state index in [-0.39, 0.29) is 5.92 Å². The van der Waals surface area contributed by atoms with Gasteiger partial charge < -0.3 is 9.26 Å². The van der Waals surface area contributed by atoms with Crippen LogP contribution in [0, 0.1) is 0 Å². The van der Waals surface area contributed by atoms with E-state index in [0.717, 1.165) is 24.4 Å². The average molecular weight is 284 g/mol. The second kappa shape index (κ2) is 5.06. The second-order valence-electron chi connectivity index (χ2n) is 4.79. The van der Waals surface area contributed by atoms with Crippen LogP contribution in [0.2, 0.25) is 0 Å². The van der Waals surface area contributed by atoms with Crippen molar-refractivity contribution in [2.45, 2.75) is 12.3 Å². The van der Waals surface area contributed by atoms with Crippen molar-refractivity contribution in [1.82, 2.24) is 29.9 Å². The summed E-state index contributed by atoms with van der Waals surface area (Å²) < 4.78 is 12.4. The zero-order valence-electron chi connectivity index (χ0n) is 11.1. The number of aromatic nitrogens is 6. The van der Waals surface area contributed by atoms with Crippen LogP contribution in [0.4, 0.5) is 0 Å². The first-order valence-corrected chi connectivity index (χ1v) is 6.63. The molecule has 0 saturated carbocycles. The van der Waals surface area contributed by atoms with Crippen molar-refractivity contribution in [2.75, 3.05) is 13.2 Å². The molecule has 106 valence electrons. The molecule has 0 aromatic carbocycles. The molecule has 1 atom stereocenters. The summed E-state index contributed by atoms with van der Waals surface area (Å²) in [4.78, 5) is 8.76. The number of ether oxygens (including phenoxy) is 1. The van der Waals surface area contributed by atoms with Crippen LogP contribution in [0.3, 0.4) is 0 Å². The smallest absolute Gasteiger partial charge is 0.259 e. The van der Waals surface area contributed by atoms with Gasteiger partial charge in [-0.15, -0.1) is 10.2 Å². The summed E-state index contributed by atoms with van der Waals surface area (Å²) in [5.74, 6) is 2.13.